The van der Waals surface area contributed by atoms with Crippen molar-refractivity contribution in [3.8, 4) is 0 Å². The number of carbonyl (C=O) groups excluding carboxylic acids is 1. The number of ketones is 1. The average molecular weight is 266 g/mol. The summed E-state index contributed by atoms with van der Waals surface area (Å²) in [6.45, 7) is 0. The quantitative estimate of drug-likeness (QED) is 0.588. The fourth-order valence-electron chi connectivity index (χ4n) is 2.27. The molecule has 2 aromatic rings. The maximum absolute atomic E-state index is 12.4. The van der Waals surface area contributed by atoms with Crippen molar-refractivity contribution in [1.82, 2.24) is 0 Å². The third-order valence-corrected chi connectivity index (χ3v) is 4.24. The fourth-order valence-corrected chi connectivity index (χ4v) is 3.08. The number of benzene rings is 2. The molecule has 0 spiro atoms. The Morgan fingerprint density at radius 3 is 2.47 bits per heavy atom. The minimum Gasteiger partial charge on any atom is -0.289 e. The summed E-state index contributed by atoms with van der Waals surface area (Å²) < 4.78 is 0. The highest BCUT2D eigenvalue weighted by atomic mass is 32.2. The second-order valence-corrected chi connectivity index (χ2v) is 5.50. The number of aryl methyl sites for hydroxylation is 1. The smallest absolute Gasteiger partial charge is 0.189 e. The summed E-state index contributed by atoms with van der Waals surface area (Å²) >= 11 is 1.62. The van der Waals surface area contributed by atoms with E-state index in [1.54, 1.807) is 11.8 Å². The van der Waals surface area contributed by atoms with Crippen LogP contribution in [0.4, 0.5) is 0 Å². The first-order valence-corrected chi connectivity index (χ1v) is 7.26. The molecule has 0 saturated heterocycles. The standard InChI is InChI=1S/C17H14OS/c18-17-14(12-19-15-7-2-1-3-8-15)11-10-13-6-4-5-9-16(13)17/h1-9,12H,10-11H2/b14-12-. The lowest BCUT2D eigenvalue weighted by Crippen LogP contribution is -2.13. The van der Waals surface area contributed by atoms with Crippen molar-refractivity contribution in [2.45, 2.75) is 17.7 Å². The highest BCUT2D eigenvalue weighted by molar-refractivity contribution is 8.02. The molecule has 0 heterocycles. The topological polar surface area (TPSA) is 17.1 Å². The van der Waals surface area contributed by atoms with Gasteiger partial charge in [-0.3, -0.25) is 4.79 Å². The monoisotopic (exact) mass is 266 g/mol. The lowest BCUT2D eigenvalue weighted by atomic mass is 9.88. The minimum atomic E-state index is 0.185. The summed E-state index contributed by atoms with van der Waals surface area (Å²) in [4.78, 5) is 13.5. The number of thioether (sulfide) groups is 1. The molecule has 0 aromatic heterocycles. The zero-order chi connectivity index (χ0) is 13.1. The van der Waals surface area contributed by atoms with Gasteiger partial charge in [-0.15, -0.1) is 0 Å². The van der Waals surface area contributed by atoms with E-state index < -0.39 is 0 Å². The maximum atomic E-state index is 12.4. The van der Waals surface area contributed by atoms with Crippen LogP contribution in [0, 0.1) is 0 Å². The van der Waals surface area contributed by atoms with Crippen LogP contribution in [0.25, 0.3) is 0 Å². The van der Waals surface area contributed by atoms with E-state index >= 15 is 0 Å². The van der Waals surface area contributed by atoms with Crippen molar-refractivity contribution in [3.05, 3.63) is 76.7 Å². The molecule has 0 atom stereocenters. The van der Waals surface area contributed by atoms with Crippen LogP contribution in [0.5, 0.6) is 0 Å². The van der Waals surface area contributed by atoms with Gasteiger partial charge in [0.1, 0.15) is 0 Å². The van der Waals surface area contributed by atoms with Crippen molar-refractivity contribution in [2.75, 3.05) is 0 Å². The highest BCUT2D eigenvalue weighted by Crippen LogP contribution is 2.28. The molecule has 1 aliphatic rings. The fraction of sp³-hybridized carbons (Fsp3) is 0.118. The second kappa shape index (κ2) is 5.45. The molecular formula is C17H14OS. The van der Waals surface area contributed by atoms with Gasteiger partial charge in [-0.25, -0.2) is 0 Å². The van der Waals surface area contributed by atoms with Gasteiger partial charge >= 0.3 is 0 Å². The summed E-state index contributed by atoms with van der Waals surface area (Å²) in [5.41, 5.74) is 2.97. The molecular weight excluding hydrogens is 252 g/mol. The Balaban J connectivity index is 1.82. The lowest BCUT2D eigenvalue weighted by Gasteiger charge is -2.16. The van der Waals surface area contributed by atoms with E-state index in [0.29, 0.717) is 0 Å². The molecule has 0 amide bonds. The first-order valence-electron chi connectivity index (χ1n) is 6.38. The van der Waals surface area contributed by atoms with Crippen LogP contribution >= 0.6 is 11.8 Å². The van der Waals surface area contributed by atoms with E-state index in [9.17, 15) is 4.79 Å². The first kappa shape index (κ1) is 12.2. The zero-order valence-corrected chi connectivity index (χ0v) is 11.3. The van der Waals surface area contributed by atoms with Crippen LogP contribution < -0.4 is 0 Å². The lowest BCUT2D eigenvalue weighted by molar-refractivity contribution is 0.102. The van der Waals surface area contributed by atoms with Crippen LogP contribution in [-0.2, 0) is 6.42 Å². The van der Waals surface area contributed by atoms with Crippen LogP contribution in [-0.4, -0.2) is 5.78 Å². The average Bonchev–Trinajstić information content (AvgIpc) is 2.48. The van der Waals surface area contributed by atoms with Gasteiger partial charge in [0.05, 0.1) is 0 Å². The third-order valence-electron chi connectivity index (χ3n) is 3.30. The van der Waals surface area contributed by atoms with Crippen molar-refractivity contribution in [2.24, 2.45) is 0 Å². The van der Waals surface area contributed by atoms with E-state index in [4.69, 9.17) is 0 Å². The van der Waals surface area contributed by atoms with E-state index in [-0.39, 0.29) is 5.78 Å². The van der Waals surface area contributed by atoms with Crippen LogP contribution in [0.2, 0.25) is 0 Å². The summed E-state index contributed by atoms with van der Waals surface area (Å²) in [5, 5.41) is 2.01. The van der Waals surface area contributed by atoms with Gasteiger partial charge in [-0.1, -0.05) is 54.2 Å². The van der Waals surface area contributed by atoms with Gasteiger partial charge < -0.3 is 0 Å². The Hall–Kier alpha value is -1.80. The predicted molar refractivity (Wildman–Crippen MR) is 79.5 cm³/mol. The van der Waals surface area contributed by atoms with Crippen molar-refractivity contribution in [3.63, 3.8) is 0 Å². The van der Waals surface area contributed by atoms with Gasteiger partial charge in [0, 0.05) is 16.0 Å². The van der Waals surface area contributed by atoms with Crippen LogP contribution in [0.15, 0.2) is 70.5 Å². The number of rotatable bonds is 2. The minimum absolute atomic E-state index is 0.185. The SMILES string of the molecule is O=C1/C(=C\Sc2ccccc2)CCc2ccccc21. The largest absolute Gasteiger partial charge is 0.289 e. The third kappa shape index (κ3) is 2.64. The van der Waals surface area contributed by atoms with E-state index in [2.05, 4.69) is 12.1 Å². The first-order chi connectivity index (χ1) is 9.34. The molecule has 19 heavy (non-hydrogen) atoms. The Labute approximate surface area is 117 Å². The van der Waals surface area contributed by atoms with Crippen molar-refractivity contribution >= 4 is 17.5 Å². The number of hydrogen-bond donors (Lipinski definition) is 0. The summed E-state index contributed by atoms with van der Waals surface area (Å²) in [6, 6.07) is 18.1. The van der Waals surface area contributed by atoms with Crippen LogP contribution in [0.1, 0.15) is 22.3 Å². The van der Waals surface area contributed by atoms with E-state index in [1.807, 2.05) is 47.9 Å². The molecule has 0 N–H and O–H groups in total. The Morgan fingerprint density at radius 2 is 1.63 bits per heavy atom. The predicted octanol–water partition coefficient (Wildman–Crippen LogP) is 4.49. The molecule has 2 aromatic carbocycles. The van der Waals surface area contributed by atoms with E-state index in [0.717, 1.165) is 24.0 Å². The number of allylic oxidation sites excluding steroid dienone is 1. The van der Waals surface area contributed by atoms with Crippen molar-refractivity contribution in [1.29, 1.82) is 0 Å². The molecule has 2 heteroatoms. The molecule has 0 saturated carbocycles. The van der Waals surface area contributed by atoms with Crippen LogP contribution in [0.3, 0.4) is 0 Å². The number of Topliss-reactive ketones (excluding diaryl/α,β-unsaturated/α-hetero) is 1. The number of fused-ring (bicyclic) bond motifs is 1. The molecule has 1 nitrogen and oxygen atoms in total. The van der Waals surface area contributed by atoms with Gasteiger partial charge in [0.25, 0.3) is 0 Å². The van der Waals surface area contributed by atoms with Gasteiger partial charge in [-0.2, -0.15) is 0 Å². The molecule has 0 radical (unpaired) electrons. The van der Waals surface area contributed by atoms with Crippen molar-refractivity contribution < 1.29 is 4.79 Å². The number of hydrogen-bond acceptors (Lipinski definition) is 2. The summed E-state index contributed by atoms with van der Waals surface area (Å²) in [7, 11) is 0. The molecule has 1 aliphatic carbocycles. The Bertz CT molecular complexity index is 629. The molecule has 94 valence electrons. The van der Waals surface area contributed by atoms with Gasteiger partial charge in [0.2, 0.25) is 0 Å². The summed E-state index contributed by atoms with van der Waals surface area (Å²) in [6.07, 6.45) is 1.80. The normalized spacial score (nSPS) is 16.4. The molecule has 0 aliphatic heterocycles. The second-order valence-electron chi connectivity index (χ2n) is 4.56. The molecule has 3 rings (SSSR count). The zero-order valence-electron chi connectivity index (χ0n) is 10.5. The summed E-state index contributed by atoms with van der Waals surface area (Å²) in [5.74, 6) is 0.185. The molecule has 0 bridgehead atoms. The van der Waals surface area contributed by atoms with E-state index in [1.165, 1.54) is 10.5 Å². The van der Waals surface area contributed by atoms with Gasteiger partial charge in [-0.05, 0) is 35.9 Å². The molecule has 0 fully saturated rings. The molecule has 0 unspecified atom stereocenters. The highest BCUT2D eigenvalue weighted by Gasteiger charge is 2.20. The van der Waals surface area contributed by atoms with Gasteiger partial charge in [0.15, 0.2) is 5.78 Å². The Morgan fingerprint density at radius 1 is 0.895 bits per heavy atom. The number of carbonyl (C=O) groups is 1. The Kier molecular flexibility index (Phi) is 3.51. The maximum Gasteiger partial charge on any atom is 0.189 e.